The van der Waals surface area contributed by atoms with Gasteiger partial charge in [0.25, 0.3) is 5.91 Å². The summed E-state index contributed by atoms with van der Waals surface area (Å²) in [6.07, 6.45) is 1.24. The van der Waals surface area contributed by atoms with Gasteiger partial charge in [-0.2, -0.15) is 0 Å². The third kappa shape index (κ3) is 4.10. The first-order valence-electron chi connectivity index (χ1n) is 9.18. The van der Waals surface area contributed by atoms with Crippen LogP contribution < -0.4 is 0 Å². The lowest BCUT2D eigenvalue weighted by Crippen LogP contribution is -2.39. The van der Waals surface area contributed by atoms with Gasteiger partial charge in [0, 0.05) is 18.7 Å². The number of benzene rings is 2. The van der Waals surface area contributed by atoms with Crippen LogP contribution >= 0.6 is 0 Å². The molecule has 0 aromatic heterocycles. The molecule has 0 aliphatic carbocycles. The molecule has 2 aromatic rings. The zero-order chi connectivity index (χ0) is 17.8. The van der Waals surface area contributed by atoms with Gasteiger partial charge in [0.2, 0.25) is 0 Å². The van der Waals surface area contributed by atoms with Crippen molar-refractivity contribution in [2.45, 2.75) is 38.7 Å². The SMILES string of the molecule is CC(C)c1ccc(C(=O)N2CCC(C(O)c3ccccc3)CC2)cc1. The summed E-state index contributed by atoms with van der Waals surface area (Å²) in [4.78, 5) is 14.6. The molecule has 0 saturated carbocycles. The molecule has 1 aliphatic rings. The molecule has 1 atom stereocenters. The summed E-state index contributed by atoms with van der Waals surface area (Å²) in [5.41, 5.74) is 2.98. The van der Waals surface area contributed by atoms with Crippen molar-refractivity contribution in [2.75, 3.05) is 13.1 Å². The second kappa shape index (κ2) is 7.83. The summed E-state index contributed by atoms with van der Waals surface area (Å²) in [5, 5.41) is 10.6. The van der Waals surface area contributed by atoms with Gasteiger partial charge in [0.15, 0.2) is 0 Å². The highest BCUT2D eigenvalue weighted by Gasteiger charge is 2.28. The molecule has 3 nitrogen and oxygen atoms in total. The van der Waals surface area contributed by atoms with Gasteiger partial charge in [-0.1, -0.05) is 56.3 Å². The molecule has 1 unspecified atom stereocenters. The van der Waals surface area contributed by atoms with E-state index in [0.29, 0.717) is 19.0 Å². The molecule has 2 aromatic carbocycles. The second-order valence-corrected chi connectivity index (χ2v) is 7.26. The summed E-state index contributed by atoms with van der Waals surface area (Å²) in [5.74, 6) is 0.789. The highest BCUT2D eigenvalue weighted by molar-refractivity contribution is 5.94. The molecule has 1 fully saturated rings. The van der Waals surface area contributed by atoms with Gasteiger partial charge in [-0.05, 0) is 47.9 Å². The van der Waals surface area contributed by atoms with Gasteiger partial charge < -0.3 is 10.0 Å². The van der Waals surface area contributed by atoms with Crippen molar-refractivity contribution in [3.8, 4) is 0 Å². The Hall–Kier alpha value is -2.13. The van der Waals surface area contributed by atoms with Crippen LogP contribution in [0.2, 0.25) is 0 Å². The van der Waals surface area contributed by atoms with Crippen LogP contribution in [0.4, 0.5) is 0 Å². The van der Waals surface area contributed by atoms with Crippen LogP contribution in [-0.4, -0.2) is 29.0 Å². The minimum Gasteiger partial charge on any atom is -0.388 e. The van der Waals surface area contributed by atoms with E-state index in [9.17, 15) is 9.90 Å². The summed E-state index contributed by atoms with van der Waals surface area (Å²) >= 11 is 0. The lowest BCUT2D eigenvalue weighted by atomic mass is 9.87. The Bertz CT molecular complexity index is 686. The fraction of sp³-hybridized carbons (Fsp3) is 0.409. The molecule has 0 spiro atoms. The fourth-order valence-electron chi connectivity index (χ4n) is 3.53. The predicted octanol–water partition coefficient (Wildman–Crippen LogP) is 4.40. The number of nitrogens with zero attached hydrogens (tertiary/aromatic N) is 1. The number of carbonyl (C=O) groups excluding carboxylic acids is 1. The first-order chi connectivity index (χ1) is 12.1. The van der Waals surface area contributed by atoms with E-state index in [4.69, 9.17) is 0 Å². The number of aliphatic hydroxyl groups excluding tert-OH is 1. The van der Waals surface area contributed by atoms with Crippen molar-refractivity contribution in [1.29, 1.82) is 0 Å². The van der Waals surface area contributed by atoms with E-state index in [-0.39, 0.29) is 11.8 Å². The van der Waals surface area contributed by atoms with Crippen LogP contribution in [0.1, 0.15) is 60.2 Å². The fourth-order valence-corrected chi connectivity index (χ4v) is 3.53. The van der Waals surface area contributed by atoms with Gasteiger partial charge in [0.1, 0.15) is 0 Å². The van der Waals surface area contributed by atoms with Crippen molar-refractivity contribution >= 4 is 5.91 Å². The van der Waals surface area contributed by atoms with Gasteiger partial charge >= 0.3 is 0 Å². The molecular formula is C22H27NO2. The van der Waals surface area contributed by atoms with Crippen molar-refractivity contribution in [3.63, 3.8) is 0 Å². The molecular weight excluding hydrogens is 310 g/mol. The molecule has 1 saturated heterocycles. The highest BCUT2D eigenvalue weighted by Crippen LogP contribution is 2.31. The van der Waals surface area contributed by atoms with Crippen molar-refractivity contribution < 1.29 is 9.90 Å². The number of piperidine rings is 1. The number of aliphatic hydroxyl groups is 1. The lowest BCUT2D eigenvalue weighted by molar-refractivity contribution is 0.0462. The maximum atomic E-state index is 12.7. The molecule has 3 rings (SSSR count). The quantitative estimate of drug-likeness (QED) is 0.898. The van der Waals surface area contributed by atoms with Crippen LogP contribution in [-0.2, 0) is 0 Å². The van der Waals surface area contributed by atoms with E-state index in [1.54, 1.807) is 0 Å². The number of amides is 1. The smallest absolute Gasteiger partial charge is 0.253 e. The average Bonchev–Trinajstić information content (AvgIpc) is 2.67. The molecule has 1 N–H and O–H groups in total. The zero-order valence-electron chi connectivity index (χ0n) is 15.1. The average molecular weight is 337 g/mol. The van der Waals surface area contributed by atoms with E-state index < -0.39 is 6.10 Å². The topological polar surface area (TPSA) is 40.5 Å². The molecule has 25 heavy (non-hydrogen) atoms. The van der Waals surface area contributed by atoms with E-state index in [1.165, 1.54) is 5.56 Å². The Morgan fingerprint density at radius 1 is 0.960 bits per heavy atom. The molecule has 0 bridgehead atoms. The maximum Gasteiger partial charge on any atom is 0.253 e. The van der Waals surface area contributed by atoms with Crippen molar-refractivity contribution in [3.05, 3.63) is 71.3 Å². The predicted molar refractivity (Wildman–Crippen MR) is 101 cm³/mol. The molecule has 132 valence electrons. The van der Waals surface area contributed by atoms with E-state index >= 15 is 0 Å². The number of carbonyl (C=O) groups is 1. The van der Waals surface area contributed by atoms with E-state index in [2.05, 4.69) is 13.8 Å². The van der Waals surface area contributed by atoms with E-state index in [1.807, 2.05) is 59.5 Å². The summed E-state index contributed by atoms with van der Waals surface area (Å²) in [6.45, 7) is 5.72. The monoisotopic (exact) mass is 337 g/mol. The summed E-state index contributed by atoms with van der Waals surface area (Å²) in [7, 11) is 0. The number of rotatable bonds is 4. The second-order valence-electron chi connectivity index (χ2n) is 7.26. The molecule has 1 aliphatic heterocycles. The largest absolute Gasteiger partial charge is 0.388 e. The standard InChI is InChI=1S/C22H27NO2/c1-16(2)17-8-10-20(11-9-17)22(25)23-14-12-19(13-15-23)21(24)18-6-4-3-5-7-18/h3-11,16,19,21,24H,12-15H2,1-2H3. The van der Waals surface area contributed by atoms with Crippen LogP contribution in [0.15, 0.2) is 54.6 Å². The highest BCUT2D eigenvalue weighted by atomic mass is 16.3. The minimum absolute atomic E-state index is 0.1000. The van der Waals surface area contributed by atoms with Crippen LogP contribution in [0, 0.1) is 5.92 Å². The van der Waals surface area contributed by atoms with Crippen LogP contribution in [0.5, 0.6) is 0 Å². The Kier molecular flexibility index (Phi) is 5.54. The zero-order valence-corrected chi connectivity index (χ0v) is 15.1. The molecule has 1 amide bonds. The Balaban J connectivity index is 1.59. The van der Waals surface area contributed by atoms with Crippen LogP contribution in [0.3, 0.4) is 0 Å². The third-order valence-electron chi connectivity index (χ3n) is 5.24. The lowest BCUT2D eigenvalue weighted by Gasteiger charge is -2.34. The number of hydrogen-bond donors (Lipinski definition) is 1. The maximum absolute atomic E-state index is 12.7. The summed E-state index contributed by atoms with van der Waals surface area (Å²) < 4.78 is 0. The number of likely N-dealkylation sites (tertiary alicyclic amines) is 1. The van der Waals surface area contributed by atoms with Gasteiger partial charge in [0.05, 0.1) is 6.10 Å². The number of hydrogen-bond acceptors (Lipinski definition) is 2. The third-order valence-corrected chi connectivity index (χ3v) is 5.24. The van der Waals surface area contributed by atoms with Gasteiger partial charge in [-0.25, -0.2) is 0 Å². The van der Waals surface area contributed by atoms with Gasteiger partial charge in [-0.15, -0.1) is 0 Å². The normalized spacial score (nSPS) is 16.9. The minimum atomic E-state index is -0.441. The molecule has 1 heterocycles. The molecule has 0 radical (unpaired) electrons. The van der Waals surface area contributed by atoms with Crippen LogP contribution in [0.25, 0.3) is 0 Å². The molecule has 3 heteroatoms. The van der Waals surface area contributed by atoms with E-state index in [0.717, 1.165) is 24.0 Å². The summed E-state index contributed by atoms with van der Waals surface area (Å²) in [6, 6.07) is 17.8. The Labute approximate surface area is 150 Å². The van der Waals surface area contributed by atoms with Crippen molar-refractivity contribution in [2.24, 2.45) is 5.92 Å². The first-order valence-corrected chi connectivity index (χ1v) is 9.18. The Morgan fingerprint density at radius 2 is 1.56 bits per heavy atom. The Morgan fingerprint density at radius 3 is 2.12 bits per heavy atom. The van der Waals surface area contributed by atoms with Crippen molar-refractivity contribution in [1.82, 2.24) is 4.90 Å². The first kappa shape index (κ1) is 17.7. The van der Waals surface area contributed by atoms with Gasteiger partial charge in [-0.3, -0.25) is 4.79 Å².